The lowest BCUT2D eigenvalue weighted by atomic mass is 10.0. The van der Waals surface area contributed by atoms with Crippen LogP contribution in [0.3, 0.4) is 0 Å². The van der Waals surface area contributed by atoms with Gasteiger partial charge in [0, 0.05) is 23.8 Å². The van der Waals surface area contributed by atoms with Crippen LogP contribution in [0.1, 0.15) is 32.6 Å². The Kier molecular flexibility index (Phi) is 3.05. The van der Waals surface area contributed by atoms with Crippen molar-refractivity contribution in [3.63, 3.8) is 0 Å². The molecule has 1 aliphatic carbocycles. The fraction of sp³-hybridized carbons (Fsp3) is 0.438. The van der Waals surface area contributed by atoms with Crippen LogP contribution in [0.25, 0.3) is 10.9 Å². The minimum atomic E-state index is 0.546. The van der Waals surface area contributed by atoms with Crippen LogP contribution in [0.15, 0.2) is 30.5 Å². The van der Waals surface area contributed by atoms with E-state index in [1.807, 2.05) is 12.1 Å². The monoisotopic (exact) mass is 255 g/mol. The molecular weight excluding hydrogens is 234 g/mol. The van der Waals surface area contributed by atoms with Crippen LogP contribution in [0.4, 0.5) is 11.4 Å². The number of fused-ring (bicyclic) bond motifs is 1. The Morgan fingerprint density at radius 1 is 1.32 bits per heavy atom. The highest BCUT2D eigenvalue weighted by Gasteiger charge is 2.41. The highest BCUT2D eigenvalue weighted by Crippen LogP contribution is 2.49. The second kappa shape index (κ2) is 4.72. The van der Waals surface area contributed by atoms with Crippen molar-refractivity contribution in [2.24, 2.45) is 5.41 Å². The molecule has 0 saturated heterocycles. The van der Waals surface area contributed by atoms with Gasteiger partial charge in [0.1, 0.15) is 0 Å². The van der Waals surface area contributed by atoms with Crippen LogP contribution in [0, 0.1) is 5.41 Å². The zero-order valence-electron chi connectivity index (χ0n) is 11.4. The maximum absolute atomic E-state index is 5.98. The van der Waals surface area contributed by atoms with Gasteiger partial charge in [-0.25, -0.2) is 0 Å². The summed E-state index contributed by atoms with van der Waals surface area (Å²) >= 11 is 0. The number of nitrogens with two attached hydrogens (primary N) is 1. The molecule has 0 radical (unpaired) electrons. The highest BCUT2D eigenvalue weighted by molar-refractivity contribution is 5.98. The molecule has 3 N–H and O–H groups in total. The van der Waals surface area contributed by atoms with Crippen molar-refractivity contribution in [3.05, 3.63) is 30.5 Å². The van der Waals surface area contributed by atoms with Crippen molar-refractivity contribution in [3.8, 4) is 0 Å². The molecule has 2 aromatic rings. The number of pyridine rings is 1. The topological polar surface area (TPSA) is 50.9 Å². The van der Waals surface area contributed by atoms with Crippen molar-refractivity contribution < 1.29 is 0 Å². The van der Waals surface area contributed by atoms with E-state index in [1.54, 1.807) is 6.20 Å². The first-order chi connectivity index (χ1) is 9.24. The standard InChI is InChI=1S/C16H21N3/c1-2-7-16(8-9-16)11-19-14-6-5-13(17)15-12(14)4-3-10-18-15/h3-6,10,19H,2,7-9,11,17H2,1H3. The molecule has 1 aromatic carbocycles. The van der Waals surface area contributed by atoms with Gasteiger partial charge >= 0.3 is 0 Å². The number of hydrogen-bond donors (Lipinski definition) is 2. The van der Waals surface area contributed by atoms with E-state index in [2.05, 4.69) is 29.4 Å². The first-order valence-electron chi connectivity index (χ1n) is 7.11. The Balaban J connectivity index is 1.84. The first kappa shape index (κ1) is 12.3. The van der Waals surface area contributed by atoms with Gasteiger partial charge in [-0.15, -0.1) is 0 Å². The Hall–Kier alpha value is -1.77. The summed E-state index contributed by atoms with van der Waals surface area (Å²) in [5, 5.41) is 4.73. The fourth-order valence-corrected chi connectivity index (χ4v) is 2.85. The molecule has 0 unspecified atom stereocenters. The van der Waals surface area contributed by atoms with Crippen LogP contribution in [0.2, 0.25) is 0 Å². The molecule has 0 spiro atoms. The van der Waals surface area contributed by atoms with Crippen LogP contribution >= 0.6 is 0 Å². The fourth-order valence-electron chi connectivity index (χ4n) is 2.85. The second-order valence-electron chi connectivity index (χ2n) is 5.71. The summed E-state index contributed by atoms with van der Waals surface area (Å²) in [6, 6.07) is 8.06. The van der Waals surface area contributed by atoms with Gasteiger partial charge in [0.15, 0.2) is 0 Å². The number of nitrogens with one attached hydrogen (secondary N) is 1. The minimum Gasteiger partial charge on any atom is -0.397 e. The molecule has 3 nitrogen and oxygen atoms in total. The number of benzene rings is 1. The van der Waals surface area contributed by atoms with Crippen LogP contribution in [-0.2, 0) is 0 Å². The molecule has 0 amide bonds. The lowest BCUT2D eigenvalue weighted by Crippen LogP contribution is -2.15. The van der Waals surface area contributed by atoms with Crippen LogP contribution < -0.4 is 11.1 Å². The maximum Gasteiger partial charge on any atom is 0.0951 e. The summed E-state index contributed by atoms with van der Waals surface area (Å²) < 4.78 is 0. The van der Waals surface area contributed by atoms with Crippen LogP contribution in [-0.4, -0.2) is 11.5 Å². The number of anilines is 2. The van der Waals surface area contributed by atoms with Crippen molar-refractivity contribution in [1.29, 1.82) is 0 Å². The van der Waals surface area contributed by atoms with E-state index < -0.39 is 0 Å². The number of nitrogen functional groups attached to an aromatic ring is 1. The zero-order chi connectivity index (χ0) is 13.3. The maximum atomic E-state index is 5.98. The van der Waals surface area contributed by atoms with Crippen molar-refractivity contribution in [2.45, 2.75) is 32.6 Å². The van der Waals surface area contributed by atoms with Gasteiger partial charge in [-0.2, -0.15) is 0 Å². The molecule has 100 valence electrons. The molecule has 1 aromatic heterocycles. The van der Waals surface area contributed by atoms with E-state index in [0.717, 1.165) is 28.8 Å². The van der Waals surface area contributed by atoms with Crippen molar-refractivity contribution in [1.82, 2.24) is 4.98 Å². The van der Waals surface area contributed by atoms with E-state index >= 15 is 0 Å². The van der Waals surface area contributed by atoms with Gasteiger partial charge in [0.05, 0.1) is 11.2 Å². The predicted molar refractivity (Wildman–Crippen MR) is 81.2 cm³/mol. The SMILES string of the molecule is CCCC1(CNc2ccc(N)c3ncccc23)CC1. The normalized spacial score (nSPS) is 16.5. The van der Waals surface area contributed by atoms with E-state index in [-0.39, 0.29) is 0 Å². The Morgan fingerprint density at radius 3 is 2.89 bits per heavy atom. The number of hydrogen-bond acceptors (Lipinski definition) is 3. The number of rotatable bonds is 5. The van der Waals surface area contributed by atoms with Crippen LogP contribution in [0.5, 0.6) is 0 Å². The van der Waals surface area contributed by atoms with E-state index in [9.17, 15) is 0 Å². The Labute approximate surface area is 114 Å². The first-order valence-corrected chi connectivity index (χ1v) is 7.11. The average molecular weight is 255 g/mol. The molecule has 1 saturated carbocycles. The quantitative estimate of drug-likeness (QED) is 0.799. The van der Waals surface area contributed by atoms with Gasteiger partial charge in [-0.1, -0.05) is 13.3 Å². The van der Waals surface area contributed by atoms with Gasteiger partial charge in [-0.3, -0.25) is 4.98 Å². The molecular formula is C16H21N3. The third-order valence-electron chi connectivity index (χ3n) is 4.19. The van der Waals surface area contributed by atoms with E-state index in [4.69, 9.17) is 5.73 Å². The molecule has 3 heteroatoms. The smallest absolute Gasteiger partial charge is 0.0951 e. The molecule has 1 aliphatic rings. The van der Waals surface area contributed by atoms with Crippen molar-refractivity contribution in [2.75, 3.05) is 17.6 Å². The summed E-state index contributed by atoms with van der Waals surface area (Å²) in [5.74, 6) is 0. The summed E-state index contributed by atoms with van der Waals surface area (Å²) in [5.41, 5.74) is 9.32. The largest absolute Gasteiger partial charge is 0.397 e. The van der Waals surface area contributed by atoms with Crippen molar-refractivity contribution >= 4 is 22.3 Å². The molecule has 1 fully saturated rings. The van der Waals surface area contributed by atoms with Gasteiger partial charge in [0.2, 0.25) is 0 Å². The summed E-state index contributed by atoms with van der Waals surface area (Å²) in [7, 11) is 0. The summed E-state index contributed by atoms with van der Waals surface area (Å²) in [4.78, 5) is 4.37. The van der Waals surface area contributed by atoms with Gasteiger partial charge < -0.3 is 11.1 Å². The molecule has 3 rings (SSSR count). The third-order valence-corrected chi connectivity index (χ3v) is 4.19. The summed E-state index contributed by atoms with van der Waals surface area (Å²) in [6.07, 6.45) is 7.11. The number of aromatic nitrogens is 1. The zero-order valence-corrected chi connectivity index (χ0v) is 11.4. The molecule has 0 aliphatic heterocycles. The molecule has 0 bridgehead atoms. The lowest BCUT2D eigenvalue weighted by molar-refractivity contribution is 0.486. The average Bonchev–Trinajstić information content (AvgIpc) is 3.19. The van der Waals surface area contributed by atoms with Gasteiger partial charge in [-0.05, 0) is 48.9 Å². The highest BCUT2D eigenvalue weighted by atomic mass is 14.9. The van der Waals surface area contributed by atoms with E-state index in [1.165, 1.54) is 25.7 Å². The molecule has 0 atom stereocenters. The molecule has 1 heterocycles. The second-order valence-corrected chi connectivity index (χ2v) is 5.71. The Bertz CT molecular complexity index is 588. The Morgan fingerprint density at radius 2 is 2.16 bits per heavy atom. The van der Waals surface area contributed by atoms with E-state index in [0.29, 0.717) is 5.41 Å². The van der Waals surface area contributed by atoms with Gasteiger partial charge in [0.25, 0.3) is 0 Å². The third kappa shape index (κ3) is 2.37. The minimum absolute atomic E-state index is 0.546. The summed E-state index contributed by atoms with van der Waals surface area (Å²) in [6.45, 7) is 3.33. The number of nitrogens with zero attached hydrogens (tertiary/aromatic N) is 1. The predicted octanol–water partition coefficient (Wildman–Crippen LogP) is 3.81. The lowest BCUT2D eigenvalue weighted by Gasteiger charge is -2.17. The molecule has 19 heavy (non-hydrogen) atoms.